The quantitative estimate of drug-likeness (QED) is 0.566. The number of hydrogen-bond acceptors (Lipinski definition) is 6. The number of thioether (sulfide) groups is 1. The summed E-state index contributed by atoms with van der Waals surface area (Å²) in [5.41, 5.74) is 1.28. The average molecular weight is 421 g/mol. The Balaban J connectivity index is 1.48. The van der Waals surface area contributed by atoms with Crippen molar-refractivity contribution in [2.45, 2.75) is 11.4 Å². The van der Waals surface area contributed by atoms with Crippen molar-refractivity contribution < 1.29 is 19.1 Å². The molecule has 2 aromatic carbocycles. The summed E-state index contributed by atoms with van der Waals surface area (Å²) in [6.45, 7) is 0.365. The van der Waals surface area contributed by atoms with Crippen molar-refractivity contribution in [3.8, 4) is 11.5 Å². The number of amides is 2. The molecule has 0 N–H and O–H groups in total. The minimum absolute atomic E-state index is 0.183. The van der Waals surface area contributed by atoms with Crippen molar-refractivity contribution >= 4 is 40.5 Å². The van der Waals surface area contributed by atoms with E-state index >= 15 is 0 Å². The zero-order valence-electron chi connectivity index (χ0n) is 15.2. The van der Waals surface area contributed by atoms with Crippen LogP contribution in [0.4, 0.5) is 0 Å². The summed E-state index contributed by atoms with van der Waals surface area (Å²) in [5.74, 6) is 0.760. The molecule has 5 nitrogen and oxygen atoms in total. The number of benzene rings is 2. The summed E-state index contributed by atoms with van der Waals surface area (Å²) < 4.78 is 10.7. The van der Waals surface area contributed by atoms with Crippen LogP contribution in [0.5, 0.6) is 11.5 Å². The van der Waals surface area contributed by atoms with Gasteiger partial charge in [0, 0.05) is 9.77 Å². The largest absolute Gasteiger partial charge is 0.454 e. The van der Waals surface area contributed by atoms with Crippen molar-refractivity contribution in [2.24, 2.45) is 0 Å². The van der Waals surface area contributed by atoms with Gasteiger partial charge in [-0.1, -0.05) is 42.1 Å². The number of carbonyl (C=O) groups excluding carboxylic acids is 2. The topological polar surface area (TPSA) is 55.8 Å². The average Bonchev–Trinajstić information content (AvgIpc) is 3.46. The third-order valence-electron chi connectivity index (χ3n) is 4.63. The molecule has 3 aromatic rings. The van der Waals surface area contributed by atoms with Crippen molar-refractivity contribution in [1.82, 2.24) is 4.90 Å². The summed E-state index contributed by atoms with van der Waals surface area (Å²) in [6, 6.07) is 18.8. The summed E-state index contributed by atoms with van der Waals surface area (Å²) in [7, 11) is 0. The Kier molecular flexibility index (Phi) is 4.61. The molecular formula is C22H15NO4S2. The van der Waals surface area contributed by atoms with E-state index in [9.17, 15) is 9.59 Å². The highest BCUT2D eigenvalue weighted by atomic mass is 32.2. The van der Waals surface area contributed by atoms with Gasteiger partial charge >= 0.3 is 0 Å². The molecule has 0 spiro atoms. The van der Waals surface area contributed by atoms with Gasteiger partial charge in [0.2, 0.25) is 6.79 Å². The molecule has 0 saturated carbocycles. The van der Waals surface area contributed by atoms with Gasteiger partial charge in [-0.3, -0.25) is 14.5 Å². The van der Waals surface area contributed by atoms with E-state index in [1.54, 1.807) is 6.07 Å². The third kappa shape index (κ3) is 3.32. The number of carbonyl (C=O) groups is 2. The van der Waals surface area contributed by atoms with Gasteiger partial charge in [-0.25, -0.2) is 0 Å². The Morgan fingerprint density at radius 1 is 0.931 bits per heavy atom. The first-order valence-corrected chi connectivity index (χ1v) is 10.7. The van der Waals surface area contributed by atoms with Crippen molar-refractivity contribution in [2.75, 3.05) is 6.79 Å². The van der Waals surface area contributed by atoms with Gasteiger partial charge in [-0.2, -0.15) is 0 Å². The first kappa shape index (κ1) is 18.0. The number of ether oxygens (including phenoxy) is 2. The van der Waals surface area contributed by atoms with Crippen molar-refractivity contribution in [1.29, 1.82) is 0 Å². The fourth-order valence-electron chi connectivity index (χ4n) is 3.26. The Morgan fingerprint density at radius 2 is 1.76 bits per heavy atom. The highest BCUT2D eigenvalue weighted by Crippen LogP contribution is 2.41. The smallest absolute Gasteiger partial charge is 0.268 e. The van der Waals surface area contributed by atoms with Crippen LogP contribution in [0.25, 0.3) is 5.57 Å². The van der Waals surface area contributed by atoms with Crippen LogP contribution in [-0.4, -0.2) is 23.5 Å². The van der Waals surface area contributed by atoms with E-state index in [2.05, 4.69) is 0 Å². The maximum absolute atomic E-state index is 13.2. The number of rotatable bonds is 5. The maximum Gasteiger partial charge on any atom is 0.268 e. The van der Waals surface area contributed by atoms with Crippen LogP contribution in [0.2, 0.25) is 0 Å². The van der Waals surface area contributed by atoms with Gasteiger partial charge < -0.3 is 9.47 Å². The van der Waals surface area contributed by atoms with Crippen molar-refractivity contribution in [3.05, 3.63) is 81.4 Å². The summed E-state index contributed by atoms with van der Waals surface area (Å²) in [4.78, 5) is 30.0. The van der Waals surface area contributed by atoms with Gasteiger partial charge in [0.05, 0.1) is 17.0 Å². The second kappa shape index (κ2) is 7.42. The van der Waals surface area contributed by atoms with Crippen LogP contribution >= 0.6 is 23.1 Å². The highest BCUT2D eigenvalue weighted by Gasteiger charge is 2.40. The zero-order chi connectivity index (χ0) is 19.8. The first-order valence-electron chi connectivity index (χ1n) is 8.96. The highest BCUT2D eigenvalue weighted by molar-refractivity contribution is 8.04. The fourth-order valence-corrected chi connectivity index (χ4v) is 5.12. The second-order valence-corrected chi connectivity index (χ2v) is 8.51. The number of thiophene rings is 1. The van der Waals surface area contributed by atoms with E-state index in [4.69, 9.17) is 9.47 Å². The van der Waals surface area contributed by atoms with E-state index in [0.717, 1.165) is 15.3 Å². The molecule has 2 amide bonds. The lowest BCUT2D eigenvalue weighted by Crippen LogP contribution is -2.30. The number of imide groups is 1. The first-order chi connectivity index (χ1) is 14.2. The zero-order valence-corrected chi connectivity index (χ0v) is 16.8. The molecule has 0 saturated heterocycles. The minimum Gasteiger partial charge on any atom is -0.454 e. The predicted octanol–water partition coefficient (Wildman–Crippen LogP) is 4.55. The van der Waals surface area contributed by atoms with Crippen molar-refractivity contribution in [3.63, 3.8) is 0 Å². The van der Waals surface area contributed by atoms with Crippen LogP contribution in [0.3, 0.4) is 0 Å². The number of hydrogen-bond donors (Lipinski definition) is 0. The lowest BCUT2D eigenvalue weighted by atomic mass is 10.2. The molecular weight excluding hydrogens is 406 g/mol. The lowest BCUT2D eigenvalue weighted by molar-refractivity contribution is -0.137. The van der Waals surface area contributed by atoms with Crippen LogP contribution in [-0.2, 0) is 16.1 Å². The van der Waals surface area contributed by atoms with E-state index in [1.807, 2.05) is 60.0 Å². The second-order valence-electron chi connectivity index (χ2n) is 6.48. The van der Waals surface area contributed by atoms with Crippen LogP contribution in [0.1, 0.15) is 10.4 Å². The minimum atomic E-state index is -0.273. The SMILES string of the molecule is O=C1C(Sc2ccccc2)=C(c2cccs2)C(=O)N1Cc1ccc2c(c1)OCO2. The molecule has 7 heteroatoms. The molecule has 2 aliphatic rings. The Morgan fingerprint density at radius 3 is 2.55 bits per heavy atom. The molecule has 1 aromatic heterocycles. The summed E-state index contributed by atoms with van der Waals surface area (Å²) in [5, 5.41) is 1.91. The van der Waals surface area contributed by atoms with Gasteiger partial charge in [-0.05, 0) is 41.3 Å². The Labute approximate surface area is 175 Å². The monoisotopic (exact) mass is 421 g/mol. The lowest BCUT2D eigenvalue weighted by Gasteiger charge is -2.15. The molecule has 29 heavy (non-hydrogen) atoms. The standard InChI is InChI=1S/C22H15NO4S2/c24-21-19(18-7-4-10-28-18)20(29-15-5-2-1-3-6-15)22(25)23(21)12-14-8-9-16-17(11-14)27-13-26-16/h1-11H,12-13H2. The normalized spacial score (nSPS) is 15.5. The Bertz CT molecular complexity index is 1120. The molecule has 0 fully saturated rings. The number of nitrogens with zero attached hydrogens (tertiary/aromatic N) is 1. The molecule has 2 aliphatic heterocycles. The Hall–Kier alpha value is -3.03. The van der Waals surface area contributed by atoms with E-state index in [1.165, 1.54) is 28.0 Å². The molecule has 0 aliphatic carbocycles. The summed E-state index contributed by atoms with van der Waals surface area (Å²) >= 11 is 2.79. The van der Waals surface area contributed by atoms with Gasteiger partial charge in [0.15, 0.2) is 11.5 Å². The predicted molar refractivity (Wildman–Crippen MR) is 112 cm³/mol. The van der Waals surface area contributed by atoms with E-state index in [-0.39, 0.29) is 25.2 Å². The molecule has 3 heterocycles. The van der Waals surface area contributed by atoms with Gasteiger partial charge in [0.25, 0.3) is 11.8 Å². The van der Waals surface area contributed by atoms with Gasteiger partial charge in [-0.15, -0.1) is 11.3 Å². The van der Waals surface area contributed by atoms with E-state index < -0.39 is 0 Å². The van der Waals surface area contributed by atoms with E-state index in [0.29, 0.717) is 22.0 Å². The van der Waals surface area contributed by atoms with Crippen LogP contribution in [0, 0.1) is 0 Å². The molecule has 0 atom stereocenters. The fraction of sp³-hybridized carbons (Fsp3) is 0.0909. The molecule has 0 unspecified atom stereocenters. The van der Waals surface area contributed by atoms with Crippen LogP contribution in [0.15, 0.2) is 75.8 Å². The number of fused-ring (bicyclic) bond motifs is 1. The molecule has 0 radical (unpaired) electrons. The third-order valence-corrected chi connectivity index (χ3v) is 6.61. The molecule has 5 rings (SSSR count). The molecule has 0 bridgehead atoms. The molecule has 144 valence electrons. The maximum atomic E-state index is 13.2. The summed E-state index contributed by atoms with van der Waals surface area (Å²) in [6.07, 6.45) is 0. The van der Waals surface area contributed by atoms with Crippen LogP contribution < -0.4 is 9.47 Å². The van der Waals surface area contributed by atoms with Gasteiger partial charge in [0.1, 0.15) is 0 Å².